The molecule has 2 rings (SSSR count). The van der Waals surface area contributed by atoms with Crippen LogP contribution in [0.1, 0.15) is 31.2 Å². The zero-order valence-corrected chi connectivity index (χ0v) is 13.0. The van der Waals surface area contributed by atoms with Crippen LogP contribution in [0, 0.1) is 0 Å². The predicted molar refractivity (Wildman–Crippen MR) is 84.1 cm³/mol. The van der Waals surface area contributed by atoms with Crippen molar-refractivity contribution in [2.24, 2.45) is 5.73 Å². The molecule has 1 aromatic heterocycles. The van der Waals surface area contributed by atoms with Crippen LogP contribution in [0.4, 0.5) is 0 Å². The fraction of sp³-hybridized carbons (Fsp3) is 0.600. The van der Waals surface area contributed by atoms with E-state index in [1.165, 1.54) is 18.4 Å². The van der Waals surface area contributed by atoms with E-state index in [1.807, 2.05) is 10.3 Å². The van der Waals surface area contributed by atoms with Crippen molar-refractivity contribution in [1.29, 1.82) is 0 Å². The Labute approximate surface area is 129 Å². The smallest absolute Gasteiger partial charge is 0.234 e. The molecule has 0 aliphatic heterocycles. The van der Waals surface area contributed by atoms with Crippen molar-refractivity contribution in [3.05, 3.63) is 22.4 Å². The van der Waals surface area contributed by atoms with Gasteiger partial charge < -0.3 is 11.1 Å². The van der Waals surface area contributed by atoms with Gasteiger partial charge in [0.15, 0.2) is 0 Å². The van der Waals surface area contributed by atoms with Crippen molar-refractivity contribution >= 4 is 23.2 Å². The normalized spacial score (nSPS) is 15.5. The van der Waals surface area contributed by atoms with E-state index >= 15 is 0 Å². The van der Waals surface area contributed by atoms with Gasteiger partial charge in [-0.2, -0.15) is 11.3 Å². The Bertz CT molecular complexity index is 455. The second kappa shape index (κ2) is 8.14. The minimum atomic E-state index is -0.368. The van der Waals surface area contributed by atoms with E-state index in [2.05, 4.69) is 16.8 Å². The molecule has 0 unspecified atom stereocenters. The lowest BCUT2D eigenvalue weighted by Crippen LogP contribution is -2.46. The highest BCUT2D eigenvalue weighted by molar-refractivity contribution is 7.07. The Hall–Kier alpha value is -1.40. The van der Waals surface area contributed by atoms with E-state index in [0.717, 1.165) is 19.3 Å². The standard InChI is InChI=1S/C15H23N3O2S/c16-14(19)9-18(13-3-1-2-4-13)10-15(20)17-7-5-12-6-8-21-11-12/h6,8,11,13H,1-5,7,9-10H2,(H2,16,19)(H,17,20). The number of carbonyl (C=O) groups is 2. The molecule has 0 saturated heterocycles. The highest BCUT2D eigenvalue weighted by Gasteiger charge is 2.25. The van der Waals surface area contributed by atoms with Crippen molar-refractivity contribution in [3.8, 4) is 0 Å². The maximum Gasteiger partial charge on any atom is 0.234 e. The first-order chi connectivity index (χ1) is 10.1. The van der Waals surface area contributed by atoms with Crippen LogP contribution in [0.25, 0.3) is 0 Å². The molecule has 0 radical (unpaired) electrons. The molecule has 1 saturated carbocycles. The number of carbonyl (C=O) groups excluding carboxylic acids is 2. The zero-order valence-electron chi connectivity index (χ0n) is 12.2. The van der Waals surface area contributed by atoms with Crippen LogP contribution in [0.15, 0.2) is 16.8 Å². The number of nitrogens with two attached hydrogens (primary N) is 1. The molecule has 21 heavy (non-hydrogen) atoms. The first kappa shape index (κ1) is 16.0. The number of nitrogens with zero attached hydrogens (tertiary/aromatic N) is 1. The lowest BCUT2D eigenvalue weighted by molar-refractivity contribution is -0.124. The minimum absolute atomic E-state index is 0.0293. The number of nitrogens with one attached hydrogen (secondary N) is 1. The van der Waals surface area contributed by atoms with Crippen molar-refractivity contribution in [3.63, 3.8) is 0 Å². The Balaban J connectivity index is 1.75. The van der Waals surface area contributed by atoms with Crippen molar-refractivity contribution in [2.45, 2.75) is 38.1 Å². The number of primary amides is 1. The van der Waals surface area contributed by atoms with E-state index in [4.69, 9.17) is 5.73 Å². The van der Waals surface area contributed by atoms with E-state index in [0.29, 0.717) is 12.6 Å². The molecule has 1 aliphatic rings. The van der Waals surface area contributed by atoms with Gasteiger partial charge in [0.05, 0.1) is 13.1 Å². The highest BCUT2D eigenvalue weighted by Crippen LogP contribution is 2.22. The molecular weight excluding hydrogens is 286 g/mol. The number of amides is 2. The minimum Gasteiger partial charge on any atom is -0.369 e. The fourth-order valence-electron chi connectivity index (χ4n) is 2.81. The van der Waals surface area contributed by atoms with Crippen molar-refractivity contribution in [1.82, 2.24) is 10.2 Å². The van der Waals surface area contributed by atoms with Crippen LogP contribution in [-0.2, 0) is 16.0 Å². The highest BCUT2D eigenvalue weighted by atomic mass is 32.1. The topological polar surface area (TPSA) is 75.4 Å². The van der Waals surface area contributed by atoms with Crippen LogP contribution in [-0.4, -0.2) is 42.4 Å². The van der Waals surface area contributed by atoms with Gasteiger partial charge >= 0.3 is 0 Å². The Kier molecular flexibility index (Phi) is 6.20. The Morgan fingerprint density at radius 1 is 1.33 bits per heavy atom. The van der Waals surface area contributed by atoms with Gasteiger partial charge in [-0.05, 0) is 41.7 Å². The molecule has 0 spiro atoms. The third kappa shape index (κ3) is 5.47. The molecule has 1 fully saturated rings. The molecule has 2 amide bonds. The molecule has 1 aliphatic carbocycles. The van der Waals surface area contributed by atoms with Gasteiger partial charge in [-0.3, -0.25) is 14.5 Å². The summed E-state index contributed by atoms with van der Waals surface area (Å²) in [5.74, 6) is -0.397. The molecule has 6 heteroatoms. The Morgan fingerprint density at radius 3 is 2.71 bits per heavy atom. The van der Waals surface area contributed by atoms with Gasteiger partial charge in [0.1, 0.15) is 0 Å². The summed E-state index contributed by atoms with van der Waals surface area (Å²) in [6, 6.07) is 2.38. The monoisotopic (exact) mass is 309 g/mol. The van der Waals surface area contributed by atoms with E-state index in [-0.39, 0.29) is 24.9 Å². The molecule has 1 heterocycles. The maximum atomic E-state index is 12.0. The van der Waals surface area contributed by atoms with Gasteiger partial charge in [0, 0.05) is 12.6 Å². The van der Waals surface area contributed by atoms with Crippen LogP contribution in [0.2, 0.25) is 0 Å². The van der Waals surface area contributed by atoms with Crippen LogP contribution >= 0.6 is 11.3 Å². The molecule has 0 bridgehead atoms. The predicted octanol–water partition coefficient (Wildman–Crippen LogP) is 1.14. The number of thiophene rings is 1. The van der Waals surface area contributed by atoms with E-state index in [1.54, 1.807) is 11.3 Å². The van der Waals surface area contributed by atoms with E-state index < -0.39 is 0 Å². The van der Waals surface area contributed by atoms with Gasteiger partial charge in [0.2, 0.25) is 11.8 Å². The lowest BCUT2D eigenvalue weighted by Gasteiger charge is -2.26. The molecular formula is C15H23N3O2S. The molecule has 0 atom stereocenters. The largest absolute Gasteiger partial charge is 0.369 e. The van der Waals surface area contributed by atoms with E-state index in [9.17, 15) is 9.59 Å². The van der Waals surface area contributed by atoms with Crippen LogP contribution < -0.4 is 11.1 Å². The average Bonchev–Trinajstić information content (AvgIpc) is 3.10. The summed E-state index contributed by atoms with van der Waals surface area (Å²) in [6.45, 7) is 1.06. The molecule has 5 nitrogen and oxygen atoms in total. The molecule has 116 valence electrons. The summed E-state index contributed by atoms with van der Waals surface area (Å²) in [5, 5.41) is 7.04. The quantitative estimate of drug-likeness (QED) is 0.756. The molecule has 3 N–H and O–H groups in total. The first-order valence-corrected chi connectivity index (χ1v) is 8.39. The summed E-state index contributed by atoms with van der Waals surface area (Å²) < 4.78 is 0. The third-order valence-corrected chi connectivity index (χ3v) is 4.59. The van der Waals surface area contributed by atoms with Crippen LogP contribution in [0.3, 0.4) is 0 Å². The fourth-order valence-corrected chi connectivity index (χ4v) is 3.51. The number of hydrogen-bond acceptors (Lipinski definition) is 4. The van der Waals surface area contributed by atoms with Gasteiger partial charge in [-0.25, -0.2) is 0 Å². The molecule has 0 aromatic carbocycles. The SMILES string of the molecule is NC(=O)CN(CC(=O)NCCc1ccsc1)C1CCCC1. The van der Waals surface area contributed by atoms with Gasteiger partial charge in [-0.15, -0.1) is 0 Å². The maximum absolute atomic E-state index is 12.0. The molecule has 1 aromatic rings. The van der Waals surface area contributed by atoms with Crippen molar-refractivity contribution in [2.75, 3.05) is 19.6 Å². The summed E-state index contributed by atoms with van der Waals surface area (Å²) in [4.78, 5) is 25.1. The summed E-state index contributed by atoms with van der Waals surface area (Å²) >= 11 is 1.66. The second-order valence-corrected chi connectivity index (χ2v) is 6.32. The summed E-state index contributed by atoms with van der Waals surface area (Å²) in [7, 11) is 0. The summed E-state index contributed by atoms with van der Waals surface area (Å²) in [6.07, 6.45) is 5.28. The first-order valence-electron chi connectivity index (χ1n) is 7.45. The average molecular weight is 309 g/mol. The zero-order chi connectivity index (χ0) is 15.1. The number of hydrogen-bond donors (Lipinski definition) is 2. The number of rotatable bonds is 8. The van der Waals surface area contributed by atoms with Gasteiger partial charge in [0.25, 0.3) is 0 Å². The lowest BCUT2D eigenvalue weighted by atomic mass is 10.2. The van der Waals surface area contributed by atoms with Gasteiger partial charge in [-0.1, -0.05) is 12.8 Å². The Morgan fingerprint density at radius 2 is 2.10 bits per heavy atom. The summed E-state index contributed by atoms with van der Waals surface area (Å²) in [5.41, 5.74) is 6.53. The van der Waals surface area contributed by atoms with Crippen molar-refractivity contribution < 1.29 is 9.59 Å². The van der Waals surface area contributed by atoms with Crippen LogP contribution in [0.5, 0.6) is 0 Å². The second-order valence-electron chi connectivity index (χ2n) is 5.54. The third-order valence-electron chi connectivity index (χ3n) is 3.86.